The molecule has 2 nitrogen and oxygen atoms in total. The van der Waals surface area contributed by atoms with Gasteiger partial charge in [-0.3, -0.25) is 0 Å². The second-order valence-electron chi connectivity index (χ2n) is 3.56. The van der Waals surface area contributed by atoms with E-state index in [1.165, 1.54) is 5.56 Å². The summed E-state index contributed by atoms with van der Waals surface area (Å²) in [6.07, 6.45) is 4.88. The van der Waals surface area contributed by atoms with Gasteiger partial charge in [0.1, 0.15) is 0 Å². The van der Waals surface area contributed by atoms with Crippen molar-refractivity contribution in [2.24, 2.45) is 5.73 Å². The first-order valence-electron chi connectivity index (χ1n) is 5.03. The van der Waals surface area contributed by atoms with Crippen molar-refractivity contribution in [3.63, 3.8) is 0 Å². The van der Waals surface area contributed by atoms with Gasteiger partial charge in [-0.2, -0.15) is 0 Å². The Bertz CT molecular complexity index is 492. The standard InChI is InChI=1S/C12H12Cl2N2/c13-10-1-2-12(11(14)7-10)16-6-4-9(8-16)3-5-15/h1-2,4,6-8H,3,5,15H2. The molecule has 84 valence electrons. The second-order valence-corrected chi connectivity index (χ2v) is 4.41. The van der Waals surface area contributed by atoms with Gasteiger partial charge >= 0.3 is 0 Å². The third-order valence-corrected chi connectivity index (χ3v) is 2.91. The fourth-order valence-corrected chi connectivity index (χ4v) is 2.10. The lowest BCUT2D eigenvalue weighted by atomic mass is 10.2. The maximum absolute atomic E-state index is 6.12. The van der Waals surface area contributed by atoms with Gasteiger partial charge in [-0.1, -0.05) is 23.2 Å². The molecular weight excluding hydrogens is 243 g/mol. The Morgan fingerprint density at radius 1 is 1.19 bits per heavy atom. The Morgan fingerprint density at radius 3 is 2.69 bits per heavy atom. The number of aromatic nitrogens is 1. The topological polar surface area (TPSA) is 30.9 Å². The second kappa shape index (κ2) is 4.91. The Labute approximate surface area is 105 Å². The van der Waals surface area contributed by atoms with Crippen molar-refractivity contribution in [3.8, 4) is 5.69 Å². The molecule has 0 spiro atoms. The Balaban J connectivity index is 2.35. The van der Waals surface area contributed by atoms with E-state index >= 15 is 0 Å². The molecule has 0 atom stereocenters. The van der Waals surface area contributed by atoms with Gasteiger partial charge in [0.15, 0.2) is 0 Å². The summed E-state index contributed by atoms with van der Waals surface area (Å²) in [6, 6.07) is 7.50. The smallest absolute Gasteiger partial charge is 0.0661 e. The van der Waals surface area contributed by atoms with Crippen LogP contribution in [0.4, 0.5) is 0 Å². The Hall–Kier alpha value is -0.960. The van der Waals surface area contributed by atoms with Gasteiger partial charge < -0.3 is 10.3 Å². The van der Waals surface area contributed by atoms with E-state index in [4.69, 9.17) is 28.9 Å². The van der Waals surface area contributed by atoms with Gasteiger partial charge in [0.05, 0.1) is 10.7 Å². The fourth-order valence-electron chi connectivity index (χ4n) is 1.60. The van der Waals surface area contributed by atoms with E-state index in [0.29, 0.717) is 16.6 Å². The predicted molar refractivity (Wildman–Crippen MR) is 68.5 cm³/mol. The number of nitrogens with two attached hydrogens (primary N) is 1. The third kappa shape index (κ3) is 2.40. The Morgan fingerprint density at radius 2 is 2.00 bits per heavy atom. The van der Waals surface area contributed by atoms with Crippen molar-refractivity contribution in [2.45, 2.75) is 6.42 Å². The molecule has 16 heavy (non-hydrogen) atoms. The first kappa shape index (κ1) is 11.5. The minimum Gasteiger partial charge on any atom is -0.330 e. The van der Waals surface area contributed by atoms with Crippen molar-refractivity contribution in [3.05, 3.63) is 52.3 Å². The summed E-state index contributed by atoms with van der Waals surface area (Å²) in [5.41, 5.74) is 7.63. The zero-order valence-electron chi connectivity index (χ0n) is 8.66. The highest BCUT2D eigenvalue weighted by Gasteiger charge is 2.04. The summed E-state index contributed by atoms with van der Waals surface area (Å²) in [5.74, 6) is 0. The van der Waals surface area contributed by atoms with E-state index in [0.717, 1.165) is 12.1 Å². The van der Waals surface area contributed by atoms with Crippen LogP contribution in [-0.2, 0) is 6.42 Å². The van der Waals surface area contributed by atoms with E-state index in [9.17, 15) is 0 Å². The molecule has 0 aliphatic heterocycles. The molecule has 0 amide bonds. The highest BCUT2D eigenvalue weighted by molar-refractivity contribution is 6.35. The van der Waals surface area contributed by atoms with Crippen molar-refractivity contribution < 1.29 is 0 Å². The normalized spacial score (nSPS) is 10.7. The van der Waals surface area contributed by atoms with Crippen LogP contribution < -0.4 is 5.73 Å². The van der Waals surface area contributed by atoms with Crippen LogP contribution in [0.5, 0.6) is 0 Å². The zero-order chi connectivity index (χ0) is 11.5. The minimum atomic E-state index is 0.641. The van der Waals surface area contributed by atoms with Crippen LogP contribution in [0.2, 0.25) is 10.0 Å². The lowest BCUT2D eigenvalue weighted by Crippen LogP contribution is -2.01. The minimum absolute atomic E-state index is 0.641. The van der Waals surface area contributed by atoms with Gasteiger partial charge in [-0.05, 0) is 42.8 Å². The quantitative estimate of drug-likeness (QED) is 0.896. The summed E-state index contributed by atoms with van der Waals surface area (Å²) < 4.78 is 1.98. The molecule has 0 unspecified atom stereocenters. The summed E-state index contributed by atoms with van der Waals surface area (Å²) in [4.78, 5) is 0. The molecule has 0 saturated carbocycles. The van der Waals surface area contributed by atoms with Crippen LogP contribution in [0.1, 0.15) is 5.56 Å². The molecule has 0 bridgehead atoms. The van der Waals surface area contributed by atoms with E-state index in [-0.39, 0.29) is 0 Å². The van der Waals surface area contributed by atoms with Gasteiger partial charge in [0, 0.05) is 17.4 Å². The molecule has 1 aromatic carbocycles. The maximum atomic E-state index is 6.12. The molecular formula is C12H12Cl2N2. The van der Waals surface area contributed by atoms with Crippen LogP contribution in [0.3, 0.4) is 0 Å². The number of hydrogen-bond donors (Lipinski definition) is 1. The molecule has 2 aromatic rings. The van der Waals surface area contributed by atoms with Crippen LogP contribution in [-0.4, -0.2) is 11.1 Å². The molecule has 4 heteroatoms. The largest absolute Gasteiger partial charge is 0.330 e. The summed E-state index contributed by atoms with van der Waals surface area (Å²) in [5, 5.41) is 1.28. The molecule has 0 aliphatic carbocycles. The van der Waals surface area contributed by atoms with Crippen molar-refractivity contribution in [1.29, 1.82) is 0 Å². The predicted octanol–water partition coefficient (Wildman–Crippen LogP) is 3.29. The summed E-state index contributed by atoms with van der Waals surface area (Å²) in [6.45, 7) is 0.651. The number of nitrogens with zero attached hydrogens (tertiary/aromatic N) is 1. The average molecular weight is 255 g/mol. The lowest BCUT2D eigenvalue weighted by molar-refractivity contribution is 0.961. The van der Waals surface area contributed by atoms with Crippen LogP contribution in [0.25, 0.3) is 5.69 Å². The monoisotopic (exact) mass is 254 g/mol. The molecule has 0 fully saturated rings. The molecule has 2 rings (SSSR count). The molecule has 0 radical (unpaired) electrons. The van der Waals surface area contributed by atoms with Gasteiger partial charge in [-0.15, -0.1) is 0 Å². The summed E-state index contributed by atoms with van der Waals surface area (Å²) in [7, 11) is 0. The highest BCUT2D eigenvalue weighted by Crippen LogP contribution is 2.24. The molecule has 0 aliphatic rings. The van der Waals surface area contributed by atoms with E-state index in [1.54, 1.807) is 6.07 Å². The maximum Gasteiger partial charge on any atom is 0.0661 e. The van der Waals surface area contributed by atoms with Crippen LogP contribution in [0, 0.1) is 0 Å². The number of halogens is 2. The summed E-state index contributed by atoms with van der Waals surface area (Å²) >= 11 is 12.0. The van der Waals surface area contributed by atoms with Crippen molar-refractivity contribution in [2.75, 3.05) is 6.54 Å². The molecule has 1 heterocycles. The molecule has 1 aromatic heterocycles. The average Bonchev–Trinajstić information content (AvgIpc) is 2.67. The van der Waals surface area contributed by atoms with Gasteiger partial charge in [-0.25, -0.2) is 0 Å². The first-order valence-corrected chi connectivity index (χ1v) is 5.78. The zero-order valence-corrected chi connectivity index (χ0v) is 10.2. The number of rotatable bonds is 3. The molecule has 2 N–H and O–H groups in total. The SMILES string of the molecule is NCCc1ccn(-c2ccc(Cl)cc2Cl)c1. The highest BCUT2D eigenvalue weighted by atomic mass is 35.5. The lowest BCUT2D eigenvalue weighted by Gasteiger charge is -2.05. The number of hydrogen-bond acceptors (Lipinski definition) is 1. The van der Waals surface area contributed by atoms with E-state index in [1.807, 2.05) is 35.2 Å². The first-order chi connectivity index (χ1) is 7.70. The van der Waals surface area contributed by atoms with Crippen molar-refractivity contribution in [1.82, 2.24) is 4.57 Å². The van der Waals surface area contributed by atoms with Crippen LogP contribution >= 0.6 is 23.2 Å². The van der Waals surface area contributed by atoms with Gasteiger partial charge in [0.2, 0.25) is 0 Å². The van der Waals surface area contributed by atoms with Gasteiger partial charge in [0.25, 0.3) is 0 Å². The molecule has 0 saturated heterocycles. The third-order valence-electron chi connectivity index (χ3n) is 2.38. The van der Waals surface area contributed by atoms with E-state index in [2.05, 4.69) is 0 Å². The fraction of sp³-hybridized carbons (Fsp3) is 0.167. The van der Waals surface area contributed by atoms with E-state index < -0.39 is 0 Å². The number of benzene rings is 1. The van der Waals surface area contributed by atoms with Crippen molar-refractivity contribution >= 4 is 23.2 Å². The Kier molecular flexibility index (Phi) is 3.54. The van der Waals surface area contributed by atoms with Crippen LogP contribution in [0.15, 0.2) is 36.7 Å².